The molecule has 0 atom stereocenters. The first-order valence-electron chi connectivity index (χ1n) is 6.34. The van der Waals surface area contributed by atoms with E-state index in [0.717, 1.165) is 10.9 Å². The van der Waals surface area contributed by atoms with E-state index in [1.165, 1.54) is 12.0 Å². The van der Waals surface area contributed by atoms with E-state index in [0.29, 0.717) is 11.3 Å². The van der Waals surface area contributed by atoms with Gasteiger partial charge in [0.2, 0.25) is 5.75 Å². The second kappa shape index (κ2) is 5.78. The van der Waals surface area contributed by atoms with Crippen molar-refractivity contribution in [3.63, 3.8) is 0 Å². The molecule has 6 heteroatoms. The molecule has 1 amide bonds. The highest BCUT2D eigenvalue weighted by molar-refractivity contribution is 5.94. The molecule has 0 spiro atoms. The summed E-state index contributed by atoms with van der Waals surface area (Å²) in [5.41, 5.74) is 1.16. The van der Waals surface area contributed by atoms with Crippen LogP contribution in [0.25, 0.3) is 10.9 Å². The van der Waals surface area contributed by atoms with Crippen molar-refractivity contribution in [1.82, 2.24) is 4.90 Å². The van der Waals surface area contributed by atoms with Gasteiger partial charge in [0.1, 0.15) is 12.6 Å². The number of rotatable bonds is 2. The first kappa shape index (κ1) is 14.8. The van der Waals surface area contributed by atoms with E-state index in [9.17, 15) is 9.59 Å². The molecular weight excluding hydrogens is 272 g/mol. The monoisotopic (exact) mass is 289 g/mol. The number of ether oxygens (including phenoxy) is 2. The number of fused-ring (bicyclic) bond motifs is 1. The lowest BCUT2D eigenvalue weighted by Crippen LogP contribution is -2.32. The van der Waals surface area contributed by atoms with Gasteiger partial charge in [0.05, 0.1) is 12.5 Å². The zero-order valence-corrected chi connectivity index (χ0v) is 12.4. The summed E-state index contributed by atoms with van der Waals surface area (Å²) in [5, 5.41) is 0.782. The van der Waals surface area contributed by atoms with Crippen molar-refractivity contribution in [3.05, 3.63) is 36.0 Å². The fraction of sp³-hybridized carbons (Fsp3) is 0.267. The van der Waals surface area contributed by atoms with Crippen molar-refractivity contribution in [2.45, 2.75) is 0 Å². The number of methoxy groups -OCH3 is 1. The van der Waals surface area contributed by atoms with Gasteiger partial charge in [0, 0.05) is 14.1 Å². The Morgan fingerprint density at radius 1 is 1.24 bits per heavy atom. The summed E-state index contributed by atoms with van der Waals surface area (Å²) < 4.78 is 11.8. The molecule has 0 unspecified atom stereocenters. The molecule has 2 aromatic rings. The normalized spacial score (nSPS) is 10.3. The van der Waals surface area contributed by atoms with Gasteiger partial charge in [0.25, 0.3) is 5.52 Å². The topological polar surface area (TPSA) is 59.7 Å². The van der Waals surface area contributed by atoms with Gasteiger partial charge in [-0.1, -0.05) is 6.07 Å². The van der Waals surface area contributed by atoms with E-state index < -0.39 is 12.1 Å². The number of aromatic nitrogens is 1. The molecule has 2 rings (SSSR count). The van der Waals surface area contributed by atoms with Crippen molar-refractivity contribution in [3.8, 4) is 5.75 Å². The minimum absolute atomic E-state index is 0.414. The highest BCUT2D eigenvalue weighted by atomic mass is 16.6. The van der Waals surface area contributed by atoms with Crippen LogP contribution in [0.4, 0.5) is 4.79 Å². The molecule has 0 radical (unpaired) electrons. The lowest BCUT2D eigenvalue weighted by Gasteiger charge is -2.11. The van der Waals surface area contributed by atoms with Crippen molar-refractivity contribution in [1.29, 1.82) is 0 Å². The van der Waals surface area contributed by atoms with E-state index in [-0.39, 0.29) is 0 Å². The van der Waals surface area contributed by atoms with Gasteiger partial charge < -0.3 is 14.4 Å². The number of benzene rings is 1. The number of nitrogens with zero attached hydrogens (tertiary/aromatic N) is 2. The molecule has 0 aliphatic carbocycles. The van der Waals surface area contributed by atoms with Crippen molar-refractivity contribution >= 4 is 23.0 Å². The van der Waals surface area contributed by atoms with Crippen LogP contribution in [0.3, 0.4) is 0 Å². The van der Waals surface area contributed by atoms with E-state index in [1.807, 2.05) is 6.07 Å². The highest BCUT2D eigenvalue weighted by Gasteiger charge is 2.19. The fourth-order valence-electron chi connectivity index (χ4n) is 2.01. The minimum Gasteiger partial charge on any atom is -0.465 e. The molecule has 6 nitrogen and oxygen atoms in total. The SMILES string of the molecule is COC(=O)c1cc2cccc(OC(=O)N(C)C)c2[n+](C)c1. The summed E-state index contributed by atoms with van der Waals surface area (Å²) in [6.45, 7) is 0. The molecule has 0 bridgehead atoms. The number of pyridine rings is 1. The number of carbonyl (C=O) groups excluding carboxylic acids is 2. The smallest absolute Gasteiger partial charge is 0.414 e. The molecule has 21 heavy (non-hydrogen) atoms. The first-order chi connectivity index (χ1) is 9.93. The average molecular weight is 289 g/mol. The zero-order valence-electron chi connectivity index (χ0n) is 12.4. The Hall–Kier alpha value is -2.63. The molecule has 0 aliphatic rings. The average Bonchev–Trinajstić information content (AvgIpc) is 2.45. The Morgan fingerprint density at radius 3 is 2.57 bits per heavy atom. The van der Waals surface area contributed by atoms with Crippen LogP contribution in [0.15, 0.2) is 30.5 Å². The summed E-state index contributed by atoms with van der Waals surface area (Å²) in [5.74, 6) is 0.0216. The Bertz CT molecular complexity index is 710. The van der Waals surface area contributed by atoms with Gasteiger partial charge in [-0.25, -0.2) is 9.59 Å². The van der Waals surface area contributed by atoms with Crippen LogP contribution in [0.1, 0.15) is 10.4 Å². The van der Waals surface area contributed by atoms with Gasteiger partial charge in [-0.05, 0) is 18.2 Å². The second-order valence-corrected chi connectivity index (χ2v) is 4.79. The molecule has 0 aliphatic heterocycles. The predicted molar refractivity (Wildman–Crippen MR) is 76.2 cm³/mol. The number of hydrogen-bond donors (Lipinski definition) is 0. The molecule has 0 saturated heterocycles. The Labute approximate surface area is 122 Å². The number of aryl methyl sites for hydroxylation is 1. The van der Waals surface area contributed by atoms with Gasteiger partial charge >= 0.3 is 12.1 Å². The summed E-state index contributed by atoms with van der Waals surface area (Å²) in [7, 11) is 6.34. The number of para-hydroxylation sites is 1. The molecule has 110 valence electrons. The number of amides is 1. The van der Waals surface area contributed by atoms with E-state index >= 15 is 0 Å². The molecule has 1 aromatic carbocycles. The van der Waals surface area contributed by atoms with E-state index in [4.69, 9.17) is 9.47 Å². The Kier molecular flexibility index (Phi) is 4.07. The van der Waals surface area contributed by atoms with Crippen LogP contribution in [-0.2, 0) is 11.8 Å². The molecule has 1 heterocycles. The van der Waals surface area contributed by atoms with Crippen molar-refractivity contribution < 1.29 is 23.6 Å². The van der Waals surface area contributed by atoms with Crippen LogP contribution in [0.2, 0.25) is 0 Å². The number of carbonyl (C=O) groups is 2. The Morgan fingerprint density at radius 2 is 1.95 bits per heavy atom. The number of esters is 1. The van der Waals surface area contributed by atoms with Crippen LogP contribution in [0, 0.1) is 0 Å². The summed E-state index contributed by atoms with van der Waals surface area (Å²) in [4.78, 5) is 24.7. The van der Waals surface area contributed by atoms with Gasteiger partial charge in [-0.2, -0.15) is 4.57 Å². The third-order valence-corrected chi connectivity index (χ3v) is 3.01. The van der Waals surface area contributed by atoms with Crippen molar-refractivity contribution in [2.75, 3.05) is 21.2 Å². The molecule has 1 aromatic heterocycles. The third kappa shape index (κ3) is 2.94. The highest BCUT2D eigenvalue weighted by Crippen LogP contribution is 2.23. The minimum atomic E-state index is -0.459. The van der Waals surface area contributed by atoms with Gasteiger partial charge in [-0.3, -0.25) is 0 Å². The van der Waals surface area contributed by atoms with E-state index in [2.05, 4.69) is 0 Å². The van der Waals surface area contributed by atoms with Crippen LogP contribution < -0.4 is 9.30 Å². The van der Waals surface area contributed by atoms with Crippen LogP contribution in [-0.4, -0.2) is 38.2 Å². The van der Waals surface area contributed by atoms with Crippen molar-refractivity contribution in [2.24, 2.45) is 7.05 Å². The molecule has 0 N–H and O–H groups in total. The standard InChI is InChI=1S/C15H17N2O4/c1-16(2)15(19)21-12-7-5-6-10-8-11(14(18)20-4)9-17(3)13(10)12/h5-9H,1-4H3/q+1. The van der Waals surface area contributed by atoms with Gasteiger partial charge in [-0.15, -0.1) is 0 Å². The van der Waals surface area contributed by atoms with Gasteiger partial charge in [0.15, 0.2) is 6.20 Å². The summed E-state index contributed by atoms with van der Waals surface area (Å²) in [6.07, 6.45) is 1.18. The number of hydrogen-bond acceptors (Lipinski definition) is 4. The zero-order chi connectivity index (χ0) is 15.6. The molecule has 0 fully saturated rings. The second-order valence-electron chi connectivity index (χ2n) is 4.79. The van der Waals surface area contributed by atoms with Crippen LogP contribution in [0.5, 0.6) is 5.75 Å². The predicted octanol–water partition coefficient (Wildman–Crippen LogP) is 1.51. The fourth-order valence-corrected chi connectivity index (χ4v) is 2.01. The quantitative estimate of drug-likeness (QED) is 0.621. The lowest BCUT2D eigenvalue weighted by molar-refractivity contribution is -0.645. The van der Waals surface area contributed by atoms with E-state index in [1.54, 1.807) is 50.1 Å². The largest absolute Gasteiger partial charge is 0.465 e. The summed E-state index contributed by atoms with van der Waals surface area (Å²) >= 11 is 0. The van der Waals surface area contributed by atoms with Crippen LogP contribution >= 0.6 is 0 Å². The maximum absolute atomic E-state index is 11.7. The maximum atomic E-state index is 11.7. The maximum Gasteiger partial charge on any atom is 0.414 e. The lowest BCUT2D eigenvalue weighted by atomic mass is 10.1. The first-order valence-corrected chi connectivity index (χ1v) is 6.34. The Balaban J connectivity index is 2.55. The third-order valence-electron chi connectivity index (χ3n) is 3.01. The molecule has 0 saturated carbocycles. The molecular formula is C15H17N2O4+. The summed E-state index contributed by atoms with van der Waals surface area (Å²) in [6, 6.07) is 7.02.